The minimum Gasteiger partial charge on any atom is -0.479 e. The highest BCUT2D eigenvalue weighted by molar-refractivity contribution is 6.01. The van der Waals surface area contributed by atoms with E-state index >= 15 is 0 Å². The molecule has 4 fully saturated rings. The molecule has 6 N–H and O–H groups in total. The fraction of sp³-hybridized carbons (Fsp3) is 0.741. The molecule has 0 aromatic rings. The number of aliphatic hydroxyl groups excluding tert-OH is 4. The van der Waals surface area contributed by atoms with Crippen LogP contribution < -0.4 is 0 Å². The van der Waals surface area contributed by atoms with Gasteiger partial charge < -0.3 is 40.1 Å². The van der Waals surface area contributed by atoms with Gasteiger partial charge in [0.15, 0.2) is 24.0 Å². The summed E-state index contributed by atoms with van der Waals surface area (Å²) in [5, 5.41) is 62.5. The number of carboxylic acids is 1. The van der Waals surface area contributed by atoms with Crippen molar-refractivity contribution >= 4 is 17.5 Å². The van der Waals surface area contributed by atoms with E-state index in [0.29, 0.717) is 12.8 Å². The van der Waals surface area contributed by atoms with E-state index in [0.717, 1.165) is 12.0 Å². The molecule has 12 atom stereocenters. The molecule has 0 aromatic carbocycles. The summed E-state index contributed by atoms with van der Waals surface area (Å²) in [5.41, 5.74) is -2.29. The Bertz CT molecular complexity index is 1080. The molecule has 1 saturated heterocycles. The highest BCUT2D eigenvalue weighted by Crippen LogP contribution is 2.67. The van der Waals surface area contributed by atoms with Gasteiger partial charge in [0.05, 0.1) is 6.10 Å². The molecule has 5 aliphatic rings. The molecular formula is C27H36O11. The smallest absolute Gasteiger partial charge is 0.335 e. The first kappa shape index (κ1) is 27.6. The number of Topliss-reactive ketones (excluding diaryl/α,β-unsaturated/α-hetero) is 1. The van der Waals surface area contributed by atoms with Gasteiger partial charge >= 0.3 is 5.97 Å². The van der Waals surface area contributed by atoms with E-state index in [1.54, 1.807) is 12.2 Å². The zero-order valence-corrected chi connectivity index (χ0v) is 21.4. The average molecular weight is 537 g/mol. The maximum atomic E-state index is 13.5. The monoisotopic (exact) mass is 536 g/mol. The van der Waals surface area contributed by atoms with Gasteiger partial charge in [0.25, 0.3) is 0 Å². The zero-order valence-electron chi connectivity index (χ0n) is 21.4. The molecule has 0 unspecified atom stereocenters. The van der Waals surface area contributed by atoms with Crippen molar-refractivity contribution in [2.45, 2.75) is 88.4 Å². The van der Waals surface area contributed by atoms with Gasteiger partial charge in [-0.25, -0.2) is 4.79 Å². The van der Waals surface area contributed by atoms with Crippen LogP contribution in [0.15, 0.2) is 23.8 Å². The number of carbonyl (C=O) groups excluding carboxylic acids is 2. The van der Waals surface area contributed by atoms with Gasteiger partial charge in [0.2, 0.25) is 0 Å². The zero-order chi connectivity index (χ0) is 27.8. The van der Waals surface area contributed by atoms with Gasteiger partial charge in [-0.2, -0.15) is 0 Å². The third kappa shape index (κ3) is 3.86. The van der Waals surface area contributed by atoms with E-state index in [9.17, 15) is 45.0 Å². The highest BCUT2D eigenvalue weighted by Gasteiger charge is 2.68. The molecule has 38 heavy (non-hydrogen) atoms. The largest absolute Gasteiger partial charge is 0.479 e. The SMILES string of the molecule is C[C@]12C=CC(=O)C=C1CC[C@@H]1[C@@H]2[C@@H](O)C[C@@]2(C)[C@H]1CC[C@]2(O)C(=O)CO[C@H]1O[C@@H](C(=O)O)[C@H](O)[C@@H](O)[C@@H]1O. The molecule has 4 aliphatic carbocycles. The lowest BCUT2D eigenvalue weighted by atomic mass is 9.46. The Balaban J connectivity index is 1.34. The van der Waals surface area contributed by atoms with Crippen LogP contribution in [0.3, 0.4) is 0 Å². The quantitative estimate of drug-likeness (QED) is 0.265. The fourth-order valence-corrected chi connectivity index (χ4v) is 8.26. The molecular weight excluding hydrogens is 500 g/mol. The van der Waals surface area contributed by atoms with Gasteiger partial charge in [0.1, 0.15) is 30.5 Å². The van der Waals surface area contributed by atoms with Crippen LogP contribution >= 0.6 is 0 Å². The Labute approximate surface area is 219 Å². The molecule has 11 heteroatoms. The molecule has 0 spiro atoms. The standard InChI is InChI=1S/C27H36O11/c1-25-7-5-13(28)9-12(25)3-4-14-15-6-8-27(36,26(15,2)10-16(29)18(14)25)17(30)11-37-24-21(33)19(31)20(32)22(38-24)23(34)35/h5,7,9,14-16,18-22,24,29,31-33,36H,3-4,6,8,10-11H2,1-2H3,(H,34,35)/t14-,15-,16-,18+,19+,20+,21-,22+,24-,25-,26-,27-/m0/s1. The minimum atomic E-state index is -1.89. The second-order valence-corrected chi connectivity index (χ2v) is 12.1. The number of fused-ring (bicyclic) bond motifs is 5. The van der Waals surface area contributed by atoms with Crippen LogP contribution in [-0.2, 0) is 23.9 Å². The molecule has 1 heterocycles. The van der Waals surface area contributed by atoms with Crippen molar-refractivity contribution in [1.82, 2.24) is 0 Å². The van der Waals surface area contributed by atoms with Gasteiger partial charge in [-0.05, 0) is 56.1 Å². The summed E-state index contributed by atoms with van der Waals surface area (Å²) in [7, 11) is 0. The lowest BCUT2D eigenvalue weighted by Crippen LogP contribution is -2.62. The Hall–Kier alpha value is -1.99. The number of rotatable bonds is 5. The van der Waals surface area contributed by atoms with E-state index in [1.165, 1.54) is 0 Å². The third-order valence-electron chi connectivity index (χ3n) is 10.3. The summed E-state index contributed by atoms with van der Waals surface area (Å²) in [5.74, 6) is -2.54. The second kappa shape index (κ2) is 9.29. The van der Waals surface area contributed by atoms with Crippen molar-refractivity contribution in [2.75, 3.05) is 6.61 Å². The maximum absolute atomic E-state index is 13.5. The maximum Gasteiger partial charge on any atom is 0.335 e. The number of ether oxygens (including phenoxy) is 2. The number of aliphatic carboxylic acids is 1. The van der Waals surface area contributed by atoms with Crippen molar-refractivity contribution in [2.24, 2.45) is 28.6 Å². The van der Waals surface area contributed by atoms with Crippen molar-refractivity contribution in [3.63, 3.8) is 0 Å². The first-order valence-corrected chi connectivity index (χ1v) is 13.2. The van der Waals surface area contributed by atoms with E-state index < -0.39 is 71.6 Å². The van der Waals surface area contributed by atoms with E-state index in [4.69, 9.17) is 9.47 Å². The summed E-state index contributed by atoms with van der Waals surface area (Å²) in [6.07, 6.45) is -2.60. The minimum absolute atomic E-state index is 0.0166. The van der Waals surface area contributed by atoms with Crippen LogP contribution in [0, 0.1) is 28.6 Å². The van der Waals surface area contributed by atoms with Crippen molar-refractivity contribution < 1.29 is 54.5 Å². The van der Waals surface area contributed by atoms with Crippen LogP contribution in [0.1, 0.15) is 46.0 Å². The molecule has 3 saturated carbocycles. The first-order valence-electron chi connectivity index (χ1n) is 13.2. The van der Waals surface area contributed by atoms with Crippen LogP contribution in [0.4, 0.5) is 0 Å². The topological polar surface area (TPSA) is 191 Å². The van der Waals surface area contributed by atoms with Crippen molar-refractivity contribution in [3.05, 3.63) is 23.8 Å². The Kier molecular flexibility index (Phi) is 6.74. The van der Waals surface area contributed by atoms with Gasteiger partial charge in [-0.1, -0.05) is 25.5 Å². The van der Waals surface area contributed by atoms with Crippen molar-refractivity contribution in [3.8, 4) is 0 Å². The second-order valence-electron chi connectivity index (χ2n) is 12.1. The van der Waals surface area contributed by atoms with Crippen LogP contribution in [0.5, 0.6) is 0 Å². The number of carboxylic acid groups (broad SMARTS) is 1. The van der Waals surface area contributed by atoms with E-state index in [-0.39, 0.29) is 36.4 Å². The predicted octanol–water partition coefficient (Wildman–Crippen LogP) is -0.526. The summed E-state index contributed by atoms with van der Waals surface area (Å²) >= 11 is 0. The molecule has 1 aliphatic heterocycles. The fourth-order valence-electron chi connectivity index (χ4n) is 8.26. The lowest BCUT2D eigenvalue weighted by Gasteiger charge is -2.59. The lowest BCUT2D eigenvalue weighted by molar-refractivity contribution is -0.293. The molecule has 0 amide bonds. The molecule has 11 nitrogen and oxygen atoms in total. The summed E-state index contributed by atoms with van der Waals surface area (Å²) in [6, 6.07) is 0. The normalized spacial score (nSPS) is 50.0. The Morgan fingerprint density at radius 3 is 2.50 bits per heavy atom. The molecule has 210 valence electrons. The first-order chi connectivity index (χ1) is 17.7. The number of hydrogen-bond donors (Lipinski definition) is 6. The van der Waals surface area contributed by atoms with E-state index in [1.807, 2.05) is 19.9 Å². The number of ketones is 2. The number of hydrogen-bond acceptors (Lipinski definition) is 10. The van der Waals surface area contributed by atoms with Gasteiger partial charge in [0, 0.05) is 16.7 Å². The number of allylic oxidation sites excluding steroid dienone is 4. The Morgan fingerprint density at radius 1 is 1.11 bits per heavy atom. The van der Waals surface area contributed by atoms with Crippen LogP contribution in [0.2, 0.25) is 0 Å². The number of aliphatic hydroxyl groups is 5. The molecule has 0 bridgehead atoms. The van der Waals surface area contributed by atoms with Gasteiger partial charge in [-0.15, -0.1) is 0 Å². The highest BCUT2D eigenvalue weighted by atomic mass is 16.7. The predicted molar refractivity (Wildman–Crippen MR) is 128 cm³/mol. The summed E-state index contributed by atoms with van der Waals surface area (Å²) in [6.45, 7) is 3.12. The molecule has 5 rings (SSSR count). The average Bonchev–Trinajstić information content (AvgIpc) is 3.13. The van der Waals surface area contributed by atoms with Crippen molar-refractivity contribution in [1.29, 1.82) is 0 Å². The van der Waals surface area contributed by atoms with Crippen LogP contribution in [0.25, 0.3) is 0 Å². The van der Waals surface area contributed by atoms with Crippen LogP contribution in [-0.4, -0.2) is 97.2 Å². The molecule has 0 radical (unpaired) electrons. The molecule has 0 aromatic heterocycles. The number of carbonyl (C=O) groups is 3. The summed E-state index contributed by atoms with van der Waals surface area (Å²) in [4.78, 5) is 36.8. The van der Waals surface area contributed by atoms with Gasteiger partial charge in [-0.3, -0.25) is 9.59 Å². The third-order valence-corrected chi connectivity index (χ3v) is 10.3. The van der Waals surface area contributed by atoms with E-state index in [2.05, 4.69) is 0 Å². The summed E-state index contributed by atoms with van der Waals surface area (Å²) < 4.78 is 10.4. The Morgan fingerprint density at radius 2 is 1.82 bits per heavy atom.